The van der Waals surface area contributed by atoms with Gasteiger partial charge in [0.2, 0.25) is 0 Å². The Morgan fingerprint density at radius 1 is 1.32 bits per heavy atom. The number of nitrogens with one attached hydrogen (secondary N) is 1. The number of pyridine rings is 1. The van der Waals surface area contributed by atoms with Crippen LogP contribution in [-0.2, 0) is 13.1 Å². The Kier molecular flexibility index (Phi) is 4.41. The Balaban J connectivity index is 1.55. The second-order valence-corrected chi connectivity index (χ2v) is 6.86. The Bertz CT molecular complexity index is 414. The number of rotatable bonds is 6. The molecule has 19 heavy (non-hydrogen) atoms. The van der Waals surface area contributed by atoms with Gasteiger partial charge in [-0.1, -0.05) is 6.07 Å². The van der Waals surface area contributed by atoms with E-state index in [1.807, 2.05) is 0 Å². The number of hydrogen-bond acceptors (Lipinski definition) is 4. The Morgan fingerprint density at radius 2 is 2.16 bits per heavy atom. The van der Waals surface area contributed by atoms with E-state index in [-0.39, 0.29) is 0 Å². The predicted octanol–water partition coefficient (Wildman–Crippen LogP) is 2.27. The maximum atomic E-state index is 4.77. The molecular formula is C15H23N3S. The van der Waals surface area contributed by atoms with E-state index < -0.39 is 0 Å². The van der Waals surface area contributed by atoms with Crippen molar-refractivity contribution >= 4 is 11.8 Å². The first-order valence-electron chi connectivity index (χ1n) is 7.27. The average molecular weight is 277 g/mol. The van der Waals surface area contributed by atoms with E-state index in [0.717, 1.165) is 25.2 Å². The summed E-state index contributed by atoms with van der Waals surface area (Å²) in [6.45, 7) is 1.89. The zero-order valence-corrected chi connectivity index (χ0v) is 12.5. The van der Waals surface area contributed by atoms with Crippen molar-refractivity contribution in [1.82, 2.24) is 15.2 Å². The summed E-state index contributed by atoms with van der Waals surface area (Å²) in [7, 11) is 2.23. The number of nitrogens with zero attached hydrogens (tertiary/aromatic N) is 2. The van der Waals surface area contributed by atoms with Gasteiger partial charge in [0.05, 0.1) is 11.4 Å². The fourth-order valence-electron chi connectivity index (χ4n) is 2.51. The van der Waals surface area contributed by atoms with Crippen LogP contribution < -0.4 is 5.32 Å². The zero-order valence-electron chi connectivity index (χ0n) is 11.6. The smallest absolute Gasteiger partial charge is 0.0547 e. The van der Waals surface area contributed by atoms with Crippen LogP contribution in [0.5, 0.6) is 0 Å². The summed E-state index contributed by atoms with van der Waals surface area (Å²) in [6, 6.07) is 7.91. The van der Waals surface area contributed by atoms with Crippen molar-refractivity contribution in [1.29, 1.82) is 0 Å². The molecule has 1 saturated heterocycles. The molecule has 104 valence electrons. The highest BCUT2D eigenvalue weighted by Crippen LogP contribution is 2.22. The van der Waals surface area contributed by atoms with Crippen LogP contribution in [0.2, 0.25) is 0 Å². The molecule has 2 fully saturated rings. The SMILES string of the molecule is CN(Cc1cccc(CNC2CC2)n1)C1CCSC1. The topological polar surface area (TPSA) is 28.2 Å². The molecule has 2 heterocycles. The van der Waals surface area contributed by atoms with Gasteiger partial charge in [0.15, 0.2) is 0 Å². The average Bonchev–Trinajstić information content (AvgIpc) is 3.08. The summed E-state index contributed by atoms with van der Waals surface area (Å²) >= 11 is 2.07. The van der Waals surface area contributed by atoms with Crippen LogP contribution in [-0.4, -0.2) is 40.5 Å². The second kappa shape index (κ2) is 6.25. The fourth-order valence-corrected chi connectivity index (χ4v) is 3.81. The largest absolute Gasteiger partial charge is 0.308 e. The second-order valence-electron chi connectivity index (χ2n) is 5.71. The van der Waals surface area contributed by atoms with Crippen LogP contribution in [0.4, 0.5) is 0 Å². The first-order chi connectivity index (χ1) is 9.31. The third-order valence-corrected chi connectivity index (χ3v) is 5.10. The molecule has 2 aliphatic rings. The molecule has 1 saturated carbocycles. The molecule has 1 N–H and O–H groups in total. The maximum Gasteiger partial charge on any atom is 0.0547 e. The zero-order chi connectivity index (χ0) is 13.1. The molecule has 3 rings (SSSR count). The van der Waals surface area contributed by atoms with Gasteiger partial charge in [0.25, 0.3) is 0 Å². The van der Waals surface area contributed by atoms with Gasteiger partial charge in [-0.3, -0.25) is 9.88 Å². The van der Waals surface area contributed by atoms with Gasteiger partial charge < -0.3 is 5.32 Å². The van der Waals surface area contributed by atoms with Crippen molar-refractivity contribution in [2.45, 2.75) is 44.4 Å². The van der Waals surface area contributed by atoms with E-state index in [0.29, 0.717) is 0 Å². The van der Waals surface area contributed by atoms with Crippen LogP contribution in [0, 0.1) is 0 Å². The predicted molar refractivity (Wildman–Crippen MR) is 81.3 cm³/mol. The summed E-state index contributed by atoms with van der Waals surface area (Å²) in [5.41, 5.74) is 2.38. The van der Waals surface area contributed by atoms with E-state index in [9.17, 15) is 0 Å². The lowest BCUT2D eigenvalue weighted by atomic mass is 10.2. The number of thioether (sulfide) groups is 1. The van der Waals surface area contributed by atoms with Gasteiger partial charge >= 0.3 is 0 Å². The molecule has 0 bridgehead atoms. The molecule has 1 unspecified atom stereocenters. The fraction of sp³-hybridized carbons (Fsp3) is 0.667. The van der Waals surface area contributed by atoms with E-state index in [1.165, 1.54) is 42.2 Å². The first-order valence-corrected chi connectivity index (χ1v) is 8.43. The lowest BCUT2D eigenvalue weighted by Gasteiger charge is -2.23. The summed E-state index contributed by atoms with van der Waals surface area (Å²) in [4.78, 5) is 7.23. The summed E-state index contributed by atoms with van der Waals surface area (Å²) in [5.74, 6) is 2.59. The van der Waals surface area contributed by atoms with Crippen molar-refractivity contribution in [2.24, 2.45) is 0 Å². The van der Waals surface area contributed by atoms with Crippen molar-refractivity contribution in [3.63, 3.8) is 0 Å². The van der Waals surface area contributed by atoms with Crippen LogP contribution in [0.15, 0.2) is 18.2 Å². The third-order valence-electron chi connectivity index (χ3n) is 3.95. The lowest BCUT2D eigenvalue weighted by molar-refractivity contribution is 0.251. The van der Waals surface area contributed by atoms with Crippen molar-refractivity contribution < 1.29 is 0 Å². The molecule has 4 heteroatoms. The van der Waals surface area contributed by atoms with E-state index in [2.05, 4.69) is 47.2 Å². The van der Waals surface area contributed by atoms with Crippen molar-refractivity contribution in [3.8, 4) is 0 Å². The quantitative estimate of drug-likeness (QED) is 0.863. The summed E-state index contributed by atoms with van der Waals surface area (Å²) in [6.07, 6.45) is 3.99. The standard InChI is InChI=1S/C15H23N3S/c1-18(15-7-8-19-11-15)10-14-4-2-3-13(17-14)9-16-12-5-6-12/h2-4,12,15-16H,5-11H2,1H3. The van der Waals surface area contributed by atoms with Crippen molar-refractivity contribution in [3.05, 3.63) is 29.6 Å². The minimum absolute atomic E-state index is 0.736. The molecule has 0 spiro atoms. The van der Waals surface area contributed by atoms with E-state index in [4.69, 9.17) is 4.98 Å². The molecule has 1 aromatic heterocycles. The minimum atomic E-state index is 0.736. The molecule has 3 nitrogen and oxygen atoms in total. The highest BCUT2D eigenvalue weighted by Gasteiger charge is 2.21. The van der Waals surface area contributed by atoms with Gasteiger partial charge in [0, 0.05) is 30.9 Å². The summed E-state index contributed by atoms with van der Waals surface area (Å²) in [5, 5.41) is 3.53. The molecule has 1 aliphatic heterocycles. The summed E-state index contributed by atoms with van der Waals surface area (Å²) < 4.78 is 0. The van der Waals surface area contributed by atoms with E-state index >= 15 is 0 Å². The monoisotopic (exact) mass is 277 g/mol. The van der Waals surface area contributed by atoms with Gasteiger partial charge in [-0.05, 0) is 44.2 Å². The number of aromatic nitrogens is 1. The molecule has 1 aromatic rings. The van der Waals surface area contributed by atoms with Crippen molar-refractivity contribution in [2.75, 3.05) is 18.6 Å². The van der Waals surface area contributed by atoms with Crippen LogP contribution in [0.25, 0.3) is 0 Å². The molecular weight excluding hydrogens is 254 g/mol. The van der Waals surface area contributed by atoms with Crippen LogP contribution in [0.3, 0.4) is 0 Å². The van der Waals surface area contributed by atoms with Gasteiger partial charge in [-0.15, -0.1) is 0 Å². The van der Waals surface area contributed by atoms with Crippen LogP contribution in [0.1, 0.15) is 30.7 Å². The minimum Gasteiger partial charge on any atom is -0.308 e. The Hall–Kier alpha value is -0.580. The molecule has 0 radical (unpaired) electrons. The molecule has 1 atom stereocenters. The first kappa shape index (κ1) is 13.4. The third kappa shape index (κ3) is 3.94. The highest BCUT2D eigenvalue weighted by atomic mass is 32.2. The normalized spacial score (nSPS) is 23.2. The van der Waals surface area contributed by atoms with Gasteiger partial charge in [0.1, 0.15) is 0 Å². The highest BCUT2D eigenvalue weighted by molar-refractivity contribution is 7.99. The van der Waals surface area contributed by atoms with Gasteiger partial charge in [-0.25, -0.2) is 0 Å². The Labute approximate surface area is 120 Å². The molecule has 0 aromatic carbocycles. The molecule has 0 amide bonds. The lowest BCUT2D eigenvalue weighted by Crippen LogP contribution is -2.31. The Morgan fingerprint density at radius 3 is 2.89 bits per heavy atom. The van der Waals surface area contributed by atoms with E-state index in [1.54, 1.807) is 0 Å². The van der Waals surface area contributed by atoms with Gasteiger partial charge in [-0.2, -0.15) is 11.8 Å². The molecule has 1 aliphatic carbocycles. The maximum absolute atomic E-state index is 4.77. The van der Waals surface area contributed by atoms with Crippen LogP contribution >= 0.6 is 11.8 Å². The number of hydrogen-bond donors (Lipinski definition) is 1.